The Bertz CT molecular complexity index is 1290. The molecule has 0 aliphatic heterocycles. The van der Waals surface area contributed by atoms with Gasteiger partial charge in [0.2, 0.25) is 11.7 Å². The van der Waals surface area contributed by atoms with E-state index in [9.17, 15) is 15.0 Å². The fourth-order valence-electron chi connectivity index (χ4n) is 5.01. The standard InChI is InChI=1S/C24H28N6O4/c1-23(22(33)25-3)12-24(2,19(32)18(23)31)30-13-26-17-20(27-14-6-4-7-14)28-16(29-21(17)30)10-9-15-8-5-11-34-15/h5,8,11,13-14,18-19,31-32H,4,6-7,12H2,1-3H3,(H,25,33)(H,27,28,29)/t18-,19+,23?,24+/m0/s1. The number of hydrogen-bond donors (Lipinski definition) is 4. The Hall–Kier alpha value is -3.42. The number of aromatic nitrogens is 4. The average molecular weight is 465 g/mol. The summed E-state index contributed by atoms with van der Waals surface area (Å²) in [6, 6.07) is 3.81. The summed E-state index contributed by atoms with van der Waals surface area (Å²) < 4.78 is 7.02. The van der Waals surface area contributed by atoms with Gasteiger partial charge in [-0.2, -0.15) is 0 Å². The van der Waals surface area contributed by atoms with Crippen LogP contribution < -0.4 is 10.6 Å². The molecule has 3 heterocycles. The number of hydrogen-bond acceptors (Lipinski definition) is 8. The zero-order valence-electron chi connectivity index (χ0n) is 19.4. The molecule has 2 aliphatic carbocycles. The van der Waals surface area contributed by atoms with E-state index >= 15 is 0 Å². The Kier molecular flexibility index (Phi) is 5.34. The van der Waals surface area contributed by atoms with Crippen molar-refractivity contribution in [1.29, 1.82) is 0 Å². The highest BCUT2D eigenvalue weighted by Crippen LogP contribution is 2.49. The van der Waals surface area contributed by atoms with E-state index in [1.165, 1.54) is 7.05 Å². The first-order valence-electron chi connectivity index (χ1n) is 11.4. The van der Waals surface area contributed by atoms with E-state index in [0.29, 0.717) is 28.8 Å². The molecule has 0 bridgehead atoms. The van der Waals surface area contributed by atoms with Crippen molar-refractivity contribution in [3.05, 3.63) is 36.3 Å². The van der Waals surface area contributed by atoms with Gasteiger partial charge in [0.05, 0.1) is 29.6 Å². The smallest absolute Gasteiger partial charge is 0.228 e. The third-order valence-corrected chi connectivity index (χ3v) is 7.27. The Labute approximate surface area is 196 Å². The number of furan rings is 1. The highest BCUT2D eigenvalue weighted by Gasteiger charge is 2.60. The summed E-state index contributed by atoms with van der Waals surface area (Å²) in [5, 5.41) is 28.0. The number of carbonyl (C=O) groups is 1. The molecule has 3 aromatic heterocycles. The van der Waals surface area contributed by atoms with Gasteiger partial charge >= 0.3 is 0 Å². The van der Waals surface area contributed by atoms with Crippen LogP contribution in [0.3, 0.4) is 0 Å². The summed E-state index contributed by atoms with van der Waals surface area (Å²) in [5.74, 6) is 6.87. The van der Waals surface area contributed by atoms with Crippen molar-refractivity contribution in [2.45, 2.75) is 63.3 Å². The van der Waals surface area contributed by atoms with Crippen molar-refractivity contribution in [2.24, 2.45) is 5.41 Å². The first-order valence-corrected chi connectivity index (χ1v) is 11.4. The number of anilines is 1. The molecule has 10 heteroatoms. The van der Waals surface area contributed by atoms with Crippen molar-refractivity contribution in [1.82, 2.24) is 24.8 Å². The number of imidazole rings is 1. The van der Waals surface area contributed by atoms with Gasteiger partial charge in [0.25, 0.3) is 0 Å². The van der Waals surface area contributed by atoms with E-state index in [2.05, 4.69) is 37.4 Å². The second-order valence-corrected chi connectivity index (χ2v) is 9.60. The molecule has 5 rings (SSSR count). The molecule has 2 aliphatic rings. The number of nitrogens with zero attached hydrogens (tertiary/aromatic N) is 4. The lowest BCUT2D eigenvalue weighted by Gasteiger charge is -2.31. The number of carbonyl (C=O) groups excluding carboxylic acids is 1. The maximum absolute atomic E-state index is 12.6. The molecule has 1 amide bonds. The van der Waals surface area contributed by atoms with Gasteiger partial charge in [-0.15, -0.1) is 0 Å². The highest BCUT2D eigenvalue weighted by molar-refractivity contribution is 5.85. The maximum Gasteiger partial charge on any atom is 0.228 e. The van der Waals surface area contributed by atoms with Gasteiger partial charge in [-0.05, 0) is 63.5 Å². The molecular formula is C24H28N6O4. The summed E-state index contributed by atoms with van der Waals surface area (Å²) in [5.41, 5.74) is -1.20. The Morgan fingerprint density at radius 2 is 2.03 bits per heavy atom. The largest absolute Gasteiger partial charge is 0.456 e. The Morgan fingerprint density at radius 1 is 1.24 bits per heavy atom. The molecule has 0 spiro atoms. The summed E-state index contributed by atoms with van der Waals surface area (Å²) in [7, 11) is 1.52. The van der Waals surface area contributed by atoms with Crippen LogP contribution in [0.5, 0.6) is 0 Å². The number of aliphatic hydroxyl groups is 2. The number of amides is 1. The van der Waals surface area contributed by atoms with Crippen LogP contribution >= 0.6 is 0 Å². The van der Waals surface area contributed by atoms with Gasteiger partial charge in [0.1, 0.15) is 6.10 Å². The lowest BCUT2D eigenvalue weighted by molar-refractivity contribution is -0.136. The predicted molar refractivity (Wildman–Crippen MR) is 124 cm³/mol. The van der Waals surface area contributed by atoms with Gasteiger partial charge < -0.3 is 29.8 Å². The molecule has 1 unspecified atom stereocenters. The van der Waals surface area contributed by atoms with Gasteiger partial charge in [-0.3, -0.25) is 4.79 Å². The van der Waals surface area contributed by atoms with Crippen LogP contribution in [0.15, 0.2) is 29.1 Å². The molecule has 2 saturated carbocycles. The quantitative estimate of drug-likeness (QED) is 0.425. The van der Waals surface area contributed by atoms with Crippen LogP contribution in [-0.4, -0.2) is 60.9 Å². The van der Waals surface area contributed by atoms with Gasteiger partial charge in [0.15, 0.2) is 22.7 Å². The normalized spacial score (nSPS) is 28.9. The monoisotopic (exact) mass is 464 g/mol. The zero-order valence-corrected chi connectivity index (χ0v) is 19.4. The van der Waals surface area contributed by atoms with Crippen molar-refractivity contribution in [2.75, 3.05) is 12.4 Å². The van der Waals surface area contributed by atoms with Crippen molar-refractivity contribution in [3.63, 3.8) is 0 Å². The first kappa shape index (κ1) is 22.4. The maximum atomic E-state index is 12.6. The van der Waals surface area contributed by atoms with Crippen molar-refractivity contribution in [3.8, 4) is 11.8 Å². The van der Waals surface area contributed by atoms with E-state index in [4.69, 9.17) is 4.42 Å². The molecule has 0 radical (unpaired) electrons. The minimum atomic E-state index is -1.26. The minimum Gasteiger partial charge on any atom is -0.456 e. The van der Waals surface area contributed by atoms with Crippen molar-refractivity contribution < 1.29 is 19.4 Å². The van der Waals surface area contributed by atoms with E-state index in [-0.39, 0.29) is 18.2 Å². The molecule has 0 saturated heterocycles. The topological polar surface area (TPSA) is 138 Å². The molecule has 178 valence electrons. The molecule has 4 N–H and O–H groups in total. The third kappa shape index (κ3) is 3.43. The molecule has 34 heavy (non-hydrogen) atoms. The summed E-state index contributed by atoms with van der Waals surface area (Å²) in [4.78, 5) is 26.4. The Balaban J connectivity index is 1.62. The second-order valence-electron chi connectivity index (χ2n) is 9.60. The number of rotatable bonds is 4. The number of fused-ring (bicyclic) bond motifs is 1. The predicted octanol–water partition coefficient (Wildman–Crippen LogP) is 1.38. The Morgan fingerprint density at radius 3 is 2.68 bits per heavy atom. The highest BCUT2D eigenvalue weighted by atomic mass is 16.3. The SMILES string of the molecule is CNC(=O)C1(C)C[C@@](C)(n2cnc3c(NC4CCC4)nc(C#Cc4ccco4)nc32)[C@H](O)[C@@H]1O. The fraction of sp³-hybridized carbons (Fsp3) is 0.500. The minimum absolute atomic E-state index is 0.191. The molecule has 3 aromatic rings. The lowest BCUT2D eigenvalue weighted by atomic mass is 9.83. The van der Waals surface area contributed by atoms with Crippen LogP contribution in [0.25, 0.3) is 11.2 Å². The van der Waals surface area contributed by atoms with Gasteiger partial charge in [-0.25, -0.2) is 15.0 Å². The summed E-state index contributed by atoms with van der Waals surface area (Å²) >= 11 is 0. The van der Waals surface area contributed by atoms with E-state index in [0.717, 1.165) is 19.3 Å². The molecule has 4 atom stereocenters. The van der Waals surface area contributed by atoms with Crippen LogP contribution in [-0.2, 0) is 10.3 Å². The zero-order chi connectivity index (χ0) is 24.1. The number of nitrogens with one attached hydrogen (secondary N) is 2. The van der Waals surface area contributed by atoms with Crippen LogP contribution in [0, 0.1) is 17.3 Å². The van der Waals surface area contributed by atoms with Crippen LogP contribution in [0.4, 0.5) is 5.82 Å². The van der Waals surface area contributed by atoms with E-state index in [1.807, 2.05) is 0 Å². The van der Waals surface area contributed by atoms with Crippen LogP contribution in [0.1, 0.15) is 51.1 Å². The lowest BCUT2D eigenvalue weighted by Crippen LogP contribution is -2.46. The van der Waals surface area contributed by atoms with E-state index in [1.54, 1.807) is 43.1 Å². The van der Waals surface area contributed by atoms with Crippen LogP contribution in [0.2, 0.25) is 0 Å². The van der Waals surface area contributed by atoms with Gasteiger partial charge in [0, 0.05) is 13.1 Å². The molecule has 10 nitrogen and oxygen atoms in total. The molecular weight excluding hydrogens is 436 g/mol. The summed E-state index contributed by atoms with van der Waals surface area (Å²) in [6.45, 7) is 3.45. The second kappa shape index (κ2) is 8.11. The van der Waals surface area contributed by atoms with E-state index < -0.39 is 23.2 Å². The molecule has 0 aromatic carbocycles. The number of aliphatic hydroxyl groups excluding tert-OH is 2. The van der Waals surface area contributed by atoms with Crippen molar-refractivity contribution >= 4 is 22.9 Å². The van der Waals surface area contributed by atoms with Gasteiger partial charge in [-0.1, -0.05) is 0 Å². The molecule has 2 fully saturated rings. The third-order valence-electron chi connectivity index (χ3n) is 7.27. The first-order chi connectivity index (χ1) is 16.3. The summed E-state index contributed by atoms with van der Waals surface area (Å²) in [6.07, 6.45) is 4.09. The average Bonchev–Trinajstić information content (AvgIpc) is 3.51. The fourth-order valence-corrected chi connectivity index (χ4v) is 5.01.